The largest absolute Gasteiger partial charge is 0.281 e. The molecule has 0 saturated heterocycles. The summed E-state index contributed by atoms with van der Waals surface area (Å²) in [5, 5.41) is 10.5. The molecule has 3 atom stereocenters. The molecule has 22 heavy (non-hydrogen) atoms. The van der Waals surface area contributed by atoms with Gasteiger partial charge < -0.3 is 0 Å². The first-order valence-corrected chi connectivity index (χ1v) is 8.13. The molecule has 5 rings (SSSR count). The first kappa shape index (κ1) is 12.4. The summed E-state index contributed by atoms with van der Waals surface area (Å²) in [4.78, 5) is 4.68. The van der Waals surface area contributed by atoms with E-state index in [9.17, 15) is 0 Å². The van der Waals surface area contributed by atoms with Crippen LogP contribution in [-0.2, 0) is 5.41 Å². The fourth-order valence-electron chi connectivity index (χ4n) is 4.76. The van der Waals surface area contributed by atoms with Crippen molar-refractivity contribution in [3.05, 3.63) is 47.8 Å². The number of nitrogens with zero attached hydrogens (tertiary/aromatic N) is 2. The Hall–Kier alpha value is -2.16. The molecule has 1 fully saturated rings. The van der Waals surface area contributed by atoms with Gasteiger partial charge >= 0.3 is 0 Å². The van der Waals surface area contributed by atoms with Crippen molar-refractivity contribution in [2.75, 3.05) is 0 Å². The van der Waals surface area contributed by atoms with Crippen LogP contribution in [-0.4, -0.2) is 15.2 Å². The molecule has 3 nitrogen and oxygen atoms in total. The molecule has 0 aliphatic heterocycles. The molecule has 3 aromatic rings. The second-order valence-corrected chi connectivity index (χ2v) is 7.09. The molecular formula is C19H19N3. The lowest BCUT2D eigenvalue weighted by Crippen LogP contribution is -2.22. The molecule has 3 unspecified atom stereocenters. The fraction of sp³-hybridized carbons (Fsp3) is 0.368. The van der Waals surface area contributed by atoms with Gasteiger partial charge in [-0.3, -0.25) is 10.1 Å². The highest BCUT2D eigenvalue weighted by molar-refractivity contribution is 5.94. The van der Waals surface area contributed by atoms with E-state index in [4.69, 9.17) is 5.10 Å². The van der Waals surface area contributed by atoms with Crippen LogP contribution >= 0.6 is 0 Å². The highest BCUT2D eigenvalue weighted by Crippen LogP contribution is 2.61. The molecule has 1 saturated carbocycles. The number of hydrogen-bond donors (Lipinski definition) is 1. The van der Waals surface area contributed by atoms with Crippen molar-refractivity contribution in [2.45, 2.75) is 38.0 Å². The molecule has 2 aliphatic rings. The maximum atomic E-state index is 4.69. The van der Waals surface area contributed by atoms with Gasteiger partial charge in [-0.2, -0.15) is 5.10 Å². The smallest absolute Gasteiger partial charge is 0.115 e. The summed E-state index contributed by atoms with van der Waals surface area (Å²) in [6, 6.07) is 10.5. The van der Waals surface area contributed by atoms with E-state index >= 15 is 0 Å². The van der Waals surface area contributed by atoms with Gasteiger partial charge in [-0.05, 0) is 36.1 Å². The zero-order valence-corrected chi connectivity index (χ0v) is 12.9. The van der Waals surface area contributed by atoms with Crippen LogP contribution < -0.4 is 0 Å². The average molecular weight is 289 g/mol. The highest BCUT2D eigenvalue weighted by Gasteiger charge is 2.54. The minimum atomic E-state index is 0.274. The molecule has 1 aromatic carbocycles. The molecular weight excluding hydrogens is 270 g/mol. The molecule has 2 aliphatic carbocycles. The van der Waals surface area contributed by atoms with Crippen LogP contribution in [0.4, 0.5) is 0 Å². The number of pyridine rings is 1. The van der Waals surface area contributed by atoms with E-state index in [0.717, 1.165) is 11.4 Å². The van der Waals surface area contributed by atoms with Crippen LogP contribution in [0, 0.1) is 5.92 Å². The van der Waals surface area contributed by atoms with Crippen molar-refractivity contribution in [1.29, 1.82) is 0 Å². The van der Waals surface area contributed by atoms with Crippen LogP contribution in [0.1, 0.15) is 43.9 Å². The quantitative estimate of drug-likeness (QED) is 0.721. The normalized spacial score (nSPS) is 29.2. The molecule has 3 heteroatoms. The van der Waals surface area contributed by atoms with Gasteiger partial charge in [0.1, 0.15) is 5.69 Å². The Bertz CT molecular complexity index is 889. The number of H-pyrrole nitrogens is 1. The topological polar surface area (TPSA) is 41.6 Å². The maximum absolute atomic E-state index is 4.69. The number of benzene rings is 1. The fourth-order valence-corrected chi connectivity index (χ4v) is 4.76. The van der Waals surface area contributed by atoms with E-state index < -0.39 is 0 Å². The van der Waals surface area contributed by atoms with Gasteiger partial charge in [0, 0.05) is 28.3 Å². The van der Waals surface area contributed by atoms with E-state index in [1.165, 1.54) is 34.9 Å². The number of aromatic amines is 1. The maximum Gasteiger partial charge on any atom is 0.115 e. The number of hydrogen-bond acceptors (Lipinski definition) is 2. The molecule has 0 amide bonds. The molecule has 2 bridgehead atoms. The average Bonchev–Trinajstić information content (AvgIpc) is 3.16. The predicted octanol–water partition coefficient (Wildman–Crippen LogP) is 4.41. The summed E-state index contributed by atoms with van der Waals surface area (Å²) >= 11 is 0. The van der Waals surface area contributed by atoms with Crippen LogP contribution in [0.25, 0.3) is 22.2 Å². The van der Waals surface area contributed by atoms with Crippen LogP contribution in [0.3, 0.4) is 0 Å². The van der Waals surface area contributed by atoms with E-state index in [2.05, 4.69) is 54.3 Å². The minimum absolute atomic E-state index is 0.274. The SMILES string of the molecule is CC1C2CCC1(C)c1[nH]nc(-c3nccc4ccccc34)c12. The Kier molecular flexibility index (Phi) is 2.24. The van der Waals surface area contributed by atoms with Gasteiger partial charge in [0.15, 0.2) is 0 Å². The Balaban J connectivity index is 1.79. The predicted molar refractivity (Wildman–Crippen MR) is 87.8 cm³/mol. The Labute approximate surface area is 129 Å². The lowest BCUT2D eigenvalue weighted by molar-refractivity contribution is 0.375. The van der Waals surface area contributed by atoms with Crippen LogP contribution in [0.2, 0.25) is 0 Å². The van der Waals surface area contributed by atoms with Crippen molar-refractivity contribution < 1.29 is 0 Å². The van der Waals surface area contributed by atoms with Gasteiger partial charge in [0.25, 0.3) is 0 Å². The van der Waals surface area contributed by atoms with Crippen molar-refractivity contribution >= 4 is 10.8 Å². The molecule has 2 aromatic heterocycles. The Morgan fingerprint density at radius 2 is 2.05 bits per heavy atom. The third kappa shape index (κ3) is 1.32. The lowest BCUT2D eigenvalue weighted by Gasteiger charge is -2.24. The van der Waals surface area contributed by atoms with Gasteiger partial charge in [-0.1, -0.05) is 38.1 Å². The Morgan fingerprint density at radius 3 is 2.95 bits per heavy atom. The monoisotopic (exact) mass is 289 g/mol. The first-order valence-electron chi connectivity index (χ1n) is 8.13. The minimum Gasteiger partial charge on any atom is -0.281 e. The molecule has 0 radical (unpaired) electrons. The number of rotatable bonds is 1. The standard InChI is InChI=1S/C19H19N3/c1-11-13-7-9-19(11,2)18-15(13)17(21-22-18)16-14-6-4-3-5-12(14)8-10-20-16/h3-6,8,10-11,13H,7,9H2,1-2H3,(H,21,22). The zero-order valence-electron chi connectivity index (χ0n) is 12.9. The molecule has 110 valence electrons. The highest BCUT2D eigenvalue weighted by atomic mass is 15.1. The number of nitrogens with one attached hydrogen (secondary N) is 1. The number of aromatic nitrogens is 3. The second kappa shape index (κ2) is 3.97. The summed E-state index contributed by atoms with van der Waals surface area (Å²) in [7, 11) is 0. The third-order valence-electron chi connectivity index (χ3n) is 6.23. The summed E-state index contributed by atoms with van der Waals surface area (Å²) in [5.74, 6) is 1.33. The number of fused-ring (bicyclic) bond motifs is 6. The van der Waals surface area contributed by atoms with Gasteiger partial charge in [-0.15, -0.1) is 0 Å². The van der Waals surface area contributed by atoms with E-state index in [-0.39, 0.29) is 5.41 Å². The molecule has 0 spiro atoms. The van der Waals surface area contributed by atoms with Crippen LogP contribution in [0.5, 0.6) is 0 Å². The summed E-state index contributed by atoms with van der Waals surface area (Å²) in [6.07, 6.45) is 4.45. The van der Waals surface area contributed by atoms with E-state index in [0.29, 0.717) is 11.8 Å². The van der Waals surface area contributed by atoms with Crippen LogP contribution in [0.15, 0.2) is 36.5 Å². The van der Waals surface area contributed by atoms with Gasteiger partial charge in [0.05, 0.1) is 5.69 Å². The van der Waals surface area contributed by atoms with Gasteiger partial charge in [-0.25, -0.2) is 0 Å². The Morgan fingerprint density at radius 1 is 1.18 bits per heavy atom. The summed E-state index contributed by atoms with van der Waals surface area (Å²) in [5.41, 5.74) is 5.17. The van der Waals surface area contributed by atoms with Crippen molar-refractivity contribution in [1.82, 2.24) is 15.2 Å². The zero-order chi connectivity index (χ0) is 14.9. The lowest BCUT2D eigenvalue weighted by atomic mass is 9.81. The van der Waals surface area contributed by atoms with E-state index in [1.807, 2.05) is 6.20 Å². The van der Waals surface area contributed by atoms with Gasteiger partial charge in [0.2, 0.25) is 0 Å². The summed E-state index contributed by atoms with van der Waals surface area (Å²) in [6.45, 7) is 4.79. The van der Waals surface area contributed by atoms with E-state index in [1.54, 1.807) is 0 Å². The summed E-state index contributed by atoms with van der Waals surface area (Å²) < 4.78 is 0. The van der Waals surface area contributed by atoms with Crippen molar-refractivity contribution in [3.8, 4) is 11.4 Å². The first-order chi connectivity index (χ1) is 10.7. The van der Waals surface area contributed by atoms with Crippen molar-refractivity contribution in [2.24, 2.45) is 5.92 Å². The van der Waals surface area contributed by atoms with Crippen molar-refractivity contribution in [3.63, 3.8) is 0 Å². The molecule has 1 N–H and O–H groups in total. The third-order valence-corrected chi connectivity index (χ3v) is 6.23. The molecule has 2 heterocycles. The second-order valence-electron chi connectivity index (χ2n) is 7.09.